The Bertz CT molecular complexity index is 823. The maximum absolute atomic E-state index is 12.5. The second-order valence-corrected chi connectivity index (χ2v) is 5.45. The quantitative estimate of drug-likeness (QED) is 0.741. The third kappa shape index (κ3) is 4.50. The molecule has 0 fully saturated rings. The van der Waals surface area contributed by atoms with E-state index in [1.807, 2.05) is 0 Å². The second kappa shape index (κ2) is 7.25. The van der Waals surface area contributed by atoms with Crippen LogP contribution in [0, 0.1) is 17.2 Å². The summed E-state index contributed by atoms with van der Waals surface area (Å²) < 4.78 is 37.6. The summed E-state index contributed by atoms with van der Waals surface area (Å²) in [7, 11) is 0. The molecule has 1 unspecified atom stereocenters. The third-order valence-electron chi connectivity index (χ3n) is 3.67. The van der Waals surface area contributed by atoms with Crippen molar-refractivity contribution < 1.29 is 27.9 Å². The van der Waals surface area contributed by atoms with Gasteiger partial charge in [-0.15, -0.1) is 0 Å². The van der Waals surface area contributed by atoms with Gasteiger partial charge in [0.1, 0.15) is 6.04 Å². The number of carboxylic acids is 1. The molecule has 1 aromatic carbocycles. The van der Waals surface area contributed by atoms with Crippen LogP contribution in [-0.2, 0) is 16.0 Å². The Morgan fingerprint density at radius 3 is 2.60 bits per heavy atom. The Morgan fingerprint density at radius 2 is 2.00 bits per heavy atom. The molecule has 0 aliphatic heterocycles. The van der Waals surface area contributed by atoms with Gasteiger partial charge in [-0.2, -0.15) is 18.4 Å². The van der Waals surface area contributed by atoms with Crippen molar-refractivity contribution in [3.63, 3.8) is 0 Å². The van der Waals surface area contributed by atoms with E-state index in [-0.39, 0.29) is 6.42 Å². The van der Waals surface area contributed by atoms with Crippen LogP contribution in [-0.4, -0.2) is 34.2 Å². The van der Waals surface area contributed by atoms with Crippen molar-refractivity contribution in [1.82, 2.24) is 10.3 Å². The lowest BCUT2D eigenvalue weighted by Gasteiger charge is -2.17. The molecule has 1 heterocycles. The average molecular weight is 353 g/mol. The molecule has 132 valence electrons. The summed E-state index contributed by atoms with van der Waals surface area (Å²) in [5, 5.41) is 20.6. The molecule has 0 radical (unpaired) electrons. The van der Waals surface area contributed by atoms with E-state index in [0.717, 1.165) is 17.0 Å². The Labute approximate surface area is 140 Å². The summed E-state index contributed by atoms with van der Waals surface area (Å²) in [6.07, 6.45) is -4.51. The lowest BCUT2D eigenvalue weighted by atomic mass is 10.0. The number of benzene rings is 1. The lowest BCUT2D eigenvalue weighted by molar-refractivity contribution is -0.165. The highest BCUT2D eigenvalue weighted by molar-refractivity contribution is 5.86. The number of hydrogen-bond donors (Lipinski definition) is 3. The molecule has 9 heteroatoms. The van der Waals surface area contributed by atoms with Crippen molar-refractivity contribution in [3.8, 4) is 6.07 Å². The molecule has 6 nitrogen and oxygen atoms in total. The predicted molar refractivity (Wildman–Crippen MR) is 81.3 cm³/mol. The number of para-hydroxylation sites is 1. The average Bonchev–Trinajstić information content (AvgIpc) is 2.94. The number of nitrogens with zero attached hydrogens (tertiary/aromatic N) is 1. The third-order valence-corrected chi connectivity index (χ3v) is 3.67. The molecule has 2 atom stereocenters. The smallest absolute Gasteiger partial charge is 0.404 e. The van der Waals surface area contributed by atoms with Gasteiger partial charge in [-0.3, -0.25) is 4.79 Å². The van der Waals surface area contributed by atoms with Gasteiger partial charge in [0.05, 0.1) is 12.5 Å². The number of aromatic nitrogens is 1. The molecule has 2 rings (SSSR count). The molecule has 0 saturated carbocycles. The van der Waals surface area contributed by atoms with Crippen LogP contribution in [0.3, 0.4) is 0 Å². The maximum Gasteiger partial charge on any atom is 0.404 e. The first kappa shape index (κ1) is 18.3. The zero-order chi connectivity index (χ0) is 18.6. The minimum Gasteiger partial charge on any atom is -0.480 e. The molecular formula is C16H14F3N3O3. The van der Waals surface area contributed by atoms with Crippen LogP contribution in [0.25, 0.3) is 10.9 Å². The lowest BCUT2D eigenvalue weighted by Crippen LogP contribution is -2.43. The number of aliphatic carboxylic acids is 1. The molecule has 0 aliphatic rings. The Morgan fingerprint density at radius 1 is 1.32 bits per heavy atom. The number of carbonyl (C=O) groups excluding carboxylic acids is 1. The summed E-state index contributed by atoms with van der Waals surface area (Å²) in [5.74, 6) is -5.00. The minimum atomic E-state index is -4.85. The van der Waals surface area contributed by atoms with Crippen LogP contribution in [0.15, 0.2) is 30.5 Å². The fourth-order valence-corrected chi connectivity index (χ4v) is 2.39. The molecule has 0 saturated heterocycles. The molecule has 3 N–H and O–H groups in total. The number of nitriles is 1. The highest BCUT2D eigenvalue weighted by Gasteiger charge is 2.41. The van der Waals surface area contributed by atoms with Crippen molar-refractivity contribution in [2.45, 2.75) is 25.1 Å². The Kier molecular flexibility index (Phi) is 5.32. The zero-order valence-electron chi connectivity index (χ0n) is 12.8. The molecule has 25 heavy (non-hydrogen) atoms. The standard InChI is InChI=1S/C16H14F3N3O3/c17-16(18,19)10(7-20)6-14(23)22-13(15(24)25)5-9-8-21-12-4-2-1-3-11(9)12/h1-4,8,10,13,21H,5-6H2,(H,22,23)(H,24,25)/t10?,13-/m0/s1. The summed E-state index contributed by atoms with van der Waals surface area (Å²) in [6, 6.07) is 6.70. The molecule has 1 aromatic heterocycles. The van der Waals surface area contributed by atoms with Crippen molar-refractivity contribution in [2.24, 2.45) is 5.92 Å². The Balaban J connectivity index is 2.10. The normalized spacial score (nSPS) is 13.8. The number of halogens is 3. The van der Waals surface area contributed by atoms with Crippen LogP contribution >= 0.6 is 0 Å². The number of H-pyrrole nitrogens is 1. The topological polar surface area (TPSA) is 106 Å². The summed E-state index contributed by atoms with van der Waals surface area (Å²) in [5.41, 5.74) is 1.38. The largest absolute Gasteiger partial charge is 0.480 e. The summed E-state index contributed by atoms with van der Waals surface area (Å²) >= 11 is 0. The number of alkyl halides is 3. The molecule has 1 amide bonds. The highest BCUT2D eigenvalue weighted by Crippen LogP contribution is 2.28. The van der Waals surface area contributed by atoms with Crippen LogP contribution in [0.4, 0.5) is 13.2 Å². The SMILES string of the molecule is N#CC(CC(=O)N[C@@H](Cc1c[nH]c2ccccc12)C(=O)O)C(F)(F)F. The van der Waals surface area contributed by atoms with Crippen LogP contribution in [0.5, 0.6) is 0 Å². The number of amides is 1. The maximum atomic E-state index is 12.5. The van der Waals surface area contributed by atoms with Crippen molar-refractivity contribution in [3.05, 3.63) is 36.0 Å². The van der Waals surface area contributed by atoms with Gasteiger partial charge in [0, 0.05) is 23.5 Å². The fraction of sp³-hybridized carbons (Fsp3) is 0.312. The number of aromatic amines is 1. The van der Waals surface area contributed by atoms with Crippen LogP contribution in [0.1, 0.15) is 12.0 Å². The number of fused-ring (bicyclic) bond motifs is 1. The first-order valence-electron chi connectivity index (χ1n) is 7.26. The number of hydrogen-bond acceptors (Lipinski definition) is 3. The number of nitrogens with one attached hydrogen (secondary N) is 2. The molecule has 2 aromatic rings. The number of carboxylic acid groups (broad SMARTS) is 1. The monoisotopic (exact) mass is 353 g/mol. The van der Waals surface area contributed by atoms with Gasteiger partial charge in [0.15, 0.2) is 5.92 Å². The first-order chi connectivity index (χ1) is 11.7. The Hall–Kier alpha value is -3.02. The zero-order valence-corrected chi connectivity index (χ0v) is 12.8. The van der Waals surface area contributed by atoms with Crippen LogP contribution < -0.4 is 5.32 Å². The van der Waals surface area contributed by atoms with Gasteiger partial charge in [-0.1, -0.05) is 18.2 Å². The second-order valence-electron chi connectivity index (χ2n) is 5.45. The van der Waals surface area contributed by atoms with E-state index in [2.05, 4.69) is 10.3 Å². The highest BCUT2D eigenvalue weighted by atomic mass is 19.4. The van der Waals surface area contributed by atoms with E-state index in [1.54, 1.807) is 30.5 Å². The van der Waals surface area contributed by atoms with E-state index < -0.39 is 36.4 Å². The van der Waals surface area contributed by atoms with E-state index in [4.69, 9.17) is 5.26 Å². The number of carbonyl (C=O) groups is 2. The summed E-state index contributed by atoms with van der Waals surface area (Å²) in [6.45, 7) is 0. The molecule has 0 bridgehead atoms. The van der Waals surface area contributed by atoms with E-state index in [1.165, 1.54) is 0 Å². The van der Waals surface area contributed by atoms with E-state index >= 15 is 0 Å². The van der Waals surface area contributed by atoms with Crippen LogP contribution in [0.2, 0.25) is 0 Å². The first-order valence-corrected chi connectivity index (χ1v) is 7.26. The van der Waals surface area contributed by atoms with E-state index in [0.29, 0.717) is 5.56 Å². The van der Waals surface area contributed by atoms with Crippen molar-refractivity contribution in [2.75, 3.05) is 0 Å². The molecule has 0 spiro atoms. The fourth-order valence-electron chi connectivity index (χ4n) is 2.39. The van der Waals surface area contributed by atoms with Gasteiger partial charge < -0.3 is 15.4 Å². The number of rotatable bonds is 6. The summed E-state index contributed by atoms with van der Waals surface area (Å²) in [4.78, 5) is 26.0. The van der Waals surface area contributed by atoms with Gasteiger partial charge in [-0.25, -0.2) is 4.79 Å². The van der Waals surface area contributed by atoms with Crippen molar-refractivity contribution >= 4 is 22.8 Å². The van der Waals surface area contributed by atoms with Crippen molar-refractivity contribution in [1.29, 1.82) is 5.26 Å². The van der Waals surface area contributed by atoms with Gasteiger partial charge in [0.2, 0.25) is 5.91 Å². The molecule has 0 aliphatic carbocycles. The predicted octanol–water partition coefficient (Wildman–Crippen LogP) is 2.37. The van der Waals surface area contributed by atoms with Gasteiger partial charge >= 0.3 is 12.1 Å². The van der Waals surface area contributed by atoms with E-state index in [9.17, 15) is 27.9 Å². The van der Waals surface area contributed by atoms with Gasteiger partial charge in [0.25, 0.3) is 0 Å². The minimum absolute atomic E-state index is 0.103. The molecular weight excluding hydrogens is 339 g/mol. The van der Waals surface area contributed by atoms with Gasteiger partial charge in [-0.05, 0) is 11.6 Å².